The van der Waals surface area contributed by atoms with E-state index < -0.39 is 0 Å². The summed E-state index contributed by atoms with van der Waals surface area (Å²) >= 11 is 0. The zero-order chi connectivity index (χ0) is 19.8. The molecular weight excluding hydrogens is 339 g/mol. The smallest absolute Gasteiger partial charge is 0.494 e. The van der Waals surface area contributed by atoms with Crippen LogP contribution >= 0.6 is 0 Å². The summed E-state index contributed by atoms with van der Waals surface area (Å²) in [5, 5.41) is 0. The second-order valence-corrected chi connectivity index (χ2v) is 8.94. The van der Waals surface area contributed by atoms with Crippen molar-refractivity contribution in [1.29, 1.82) is 0 Å². The highest BCUT2D eigenvalue weighted by atomic mass is 16.7. The highest BCUT2D eigenvalue weighted by molar-refractivity contribution is 6.62. The van der Waals surface area contributed by atoms with E-state index in [2.05, 4.69) is 63.6 Å². The van der Waals surface area contributed by atoms with E-state index >= 15 is 0 Å². The number of piperazine rings is 1. The summed E-state index contributed by atoms with van der Waals surface area (Å²) in [6.07, 6.45) is 1.18. The van der Waals surface area contributed by atoms with Crippen LogP contribution in [0.4, 0.5) is 0 Å². The van der Waals surface area contributed by atoms with E-state index in [1.165, 1.54) is 12.0 Å². The predicted octanol–water partition coefficient (Wildman–Crippen LogP) is 2.52. The summed E-state index contributed by atoms with van der Waals surface area (Å²) in [6, 6.07) is 6.92. The molecule has 2 aliphatic rings. The predicted molar refractivity (Wildman–Crippen MR) is 111 cm³/mol. The van der Waals surface area contributed by atoms with Crippen LogP contribution in [0.1, 0.15) is 46.6 Å². The molecule has 2 heterocycles. The fraction of sp³-hybridized carbons (Fsp3) is 0.714. The van der Waals surface area contributed by atoms with Crippen molar-refractivity contribution >= 4 is 12.6 Å². The molecule has 0 radical (unpaired) electrons. The first-order chi connectivity index (χ1) is 12.7. The summed E-state index contributed by atoms with van der Waals surface area (Å²) in [5.41, 5.74) is 1.60. The van der Waals surface area contributed by atoms with Gasteiger partial charge < -0.3 is 18.9 Å². The fourth-order valence-electron chi connectivity index (χ4n) is 3.88. The minimum atomic E-state index is -0.337. The summed E-state index contributed by atoms with van der Waals surface area (Å²) in [7, 11) is 3.63. The normalized spacial score (nSPS) is 25.7. The average Bonchev–Trinajstić information content (AvgIpc) is 2.84. The molecule has 1 aromatic carbocycles. The van der Waals surface area contributed by atoms with Gasteiger partial charge in [-0.25, -0.2) is 0 Å². The first kappa shape index (κ1) is 20.7. The first-order valence-electron chi connectivity index (χ1n) is 10.1. The SMILES string of the molecule is CCC1CN(Cc2cc(B3OC(C)(C)C(C)(C)O3)ccc2OC)CCN1C. The number of hydrogen-bond acceptors (Lipinski definition) is 5. The topological polar surface area (TPSA) is 34.2 Å². The third-order valence-electron chi connectivity index (χ3n) is 6.56. The quantitative estimate of drug-likeness (QED) is 0.740. The second kappa shape index (κ2) is 7.74. The molecular formula is C21H35BN2O3. The number of rotatable bonds is 5. The molecule has 2 fully saturated rings. The van der Waals surface area contributed by atoms with Gasteiger partial charge in [0.1, 0.15) is 5.75 Å². The molecule has 0 N–H and O–H groups in total. The molecule has 2 aliphatic heterocycles. The lowest BCUT2D eigenvalue weighted by Gasteiger charge is -2.39. The van der Waals surface area contributed by atoms with E-state index in [0.717, 1.165) is 37.4 Å². The summed E-state index contributed by atoms with van der Waals surface area (Å²) in [6.45, 7) is 14.8. The van der Waals surface area contributed by atoms with Gasteiger partial charge in [-0.1, -0.05) is 19.1 Å². The van der Waals surface area contributed by atoms with Gasteiger partial charge in [0, 0.05) is 37.8 Å². The molecule has 0 saturated carbocycles. The van der Waals surface area contributed by atoms with Crippen LogP contribution in [-0.2, 0) is 15.9 Å². The zero-order valence-electron chi connectivity index (χ0n) is 18.0. The van der Waals surface area contributed by atoms with Crippen LogP contribution in [0.5, 0.6) is 5.75 Å². The van der Waals surface area contributed by atoms with Crippen molar-refractivity contribution in [2.45, 2.75) is 64.8 Å². The standard InChI is InChI=1S/C21H35BN2O3/c1-8-18-15-24(12-11-23(18)6)14-16-13-17(9-10-19(16)25-7)22-26-20(2,3)21(4,5)27-22/h9-10,13,18H,8,11-12,14-15H2,1-7H3. The van der Waals surface area contributed by atoms with Crippen LogP contribution in [0, 0.1) is 0 Å². The van der Waals surface area contributed by atoms with Crippen LogP contribution < -0.4 is 10.2 Å². The first-order valence-corrected chi connectivity index (χ1v) is 10.1. The summed E-state index contributed by atoms with van der Waals surface area (Å²) in [4.78, 5) is 4.99. The van der Waals surface area contributed by atoms with Gasteiger partial charge in [0.05, 0.1) is 18.3 Å². The van der Waals surface area contributed by atoms with E-state index in [-0.39, 0.29) is 18.3 Å². The Balaban J connectivity index is 1.79. The molecule has 3 rings (SSSR count). The number of likely N-dealkylation sites (N-methyl/N-ethyl adjacent to an activating group) is 1. The van der Waals surface area contributed by atoms with Crippen molar-refractivity contribution in [3.8, 4) is 5.75 Å². The summed E-state index contributed by atoms with van der Waals surface area (Å²) < 4.78 is 18.1. The zero-order valence-corrected chi connectivity index (χ0v) is 18.0. The van der Waals surface area contributed by atoms with Crippen LogP contribution in [0.3, 0.4) is 0 Å². The Hall–Kier alpha value is -1.08. The van der Waals surface area contributed by atoms with Crippen molar-refractivity contribution in [3.63, 3.8) is 0 Å². The fourth-order valence-corrected chi connectivity index (χ4v) is 3.88. The molecule has 0 amide bonds. The van der Waals surface area contributed by atoms with Gasteiger partial charge in [-0.2, -0.15) is 0 Å². The molecule has 0 spiro atoms. The van der Waals surface area contributed by atoms with Gasteiger partial charge in [-0.3, -0.25) is 4.90 Å². The molecule has 2 saturated heterocycles. The Morgan fingerprint density at radius 3 is 2.41 bits per heavy atom. The Morgan fingerprint density at radius 2 is 1.81 bits per heavy atom. The van der Waals surface area contributed by atoms with Gasteiger partial charge in [-0.15, -0.1) is 0 Å². The van der Waals surface area contributed by atoms with Gasteiger partial charge in [-0.05, 0) is 52.7 Å². The van der Waals surface area contributed by atoms with E-state index in [9.17, 15) is 0 Å². The van der Waals surface area contributed by atoms with E-state index in [4.69, 9.17) is 14.0 Å². The van der Waals surface area contributed by atoms with Crippen LogP contribution in [-0.4, -0.2) is 68.0 Å². The number of benzene rings is 1. The lowest BCUT2D eigenvalue weighted by Crippen LogP contribution is -2.50. The van der Waals surface area contributed by atoms with E-state index in [0.29, 0.717) is 6.04 Å². The van der Waals surface area contributed by atoms with Crippen molar-refractivity contribution < 1.29 is 14.0 Å². The van der Waals surface area contributed by atoms with Crippen LogP contribution in [0.15, 0.2) is 18.2 Å². The Morgan fingerprint density at radius 1 is 1.15 bits per heavy atom. The Kier molecular flexibility index (Phi) is 5.92. The molecule has 1 aromatic rings. The molecule has 0 bridgehead atoms. The minimum Gasteiger partial charge on any atom is -0.496 e. The largest absolute Gasteiger partial charge is 0.496 e. The van der Waals surface area contributed by atoms with Gasteiger partial charge >= 0.3 is 7.12 Å². The van der Waals surface area contributed by atoms with Crippen molar-refractivity contribution in [2.24, 2.45) is 0 Å². The molecule has 150 valence electrons. The molecule has 5 nitrogen and oxygen atoms in total. The average molecular weight is 374 g/mol. The molecule has 27 heavy (non-hydrogen) atoms. The lowest BCUT2D eigenvalue weighted by molar-refractivity contribution is 0.00578. The maximum atomic E-state index is 6.23. The maximum Gasteiger partial charge on any atom is 0.494 e. The molecule has 0 aromatic heterocycles. The maximum absolute atomic E-state index is 6.23. The second-order valence-electron chi connectivity index (χ2n) is 8.94. The minimum absolute atomic E-state index is 0.330. The summed E-state index contributed by atoms with van der Waals surface area (Å²) in [5.74, 6) is 0.933. The van der Waals surface area contributed by atoms with Crippen LogP contribution in [0.25, 0.3) is 0 Å². The van der Waals surface area contributed by atoms with E-state index in [1.807, 2.05) is 6.07 Å². The Labute approximate surface area is 165 Å². The third kappa shape index (κ3) is 4.19. The number of ether oxygens (including phenoxy) is 1. The molecule has 6 heteroatoms. The highest BCUT2D eigenvalue weighted by Crippen LogP contribution is 2.36. The van der Waals surface area contributed by atoms with Crippen molar-refractivity contribution in [2.75, 3.05) is 33.8 Å². The number of hydrogen-bond donors (Lipinski definition) is 0. The van der Waals surface area contributed by atoms with Crippen molar-refractivity contribution in [1.82, 2.24) is 9.80 Å². The third-order valence-corrected chi connectivity index (χ3v) is 6.56. The Bertz CT molecular complexity index is 649. The van der Waals surface area contributed by atoms with Gasteiger partial charge in [0.25, 0.3) is 0 Å². The monoisotopic (exact) mass is 374 g/mol. The number of methoxy groups -OCH3 is 1. The van der Waals surface area contributed by atoms with E-state index in [1.54, 1.807) is 7.11 Å². The van der Waals surface area contributed by atoms with Gasteiger partial charge in [0.15, 0.2) is 0 Å². The van der Waals surface area contributed by atoms with Crippen molar-refractivity contribution in [3.05, 3.63) is 23.8 Å². The number of nitrogens with zero attached hydrogens (tertiary/aromatic N) is 2. The molecule has 1 atom stereocenters. The highest BCUT2D eigenvalue weighted by Gasteiger charge is 2.51. The molecule has 1 unspecified atom stereocenters. The van der Waals surface area contributed by atoms with Crippen LogP contribution in [0.2, 0.25) is 0 Å². The molecule has 0 aliphatic carbocycles. The lowest BCUT2D eigenvalue weighted by atomic mass is 9.78. The van der Waals surface area contributed by atoms with Gasteiger partial charge in [0.2, 0.25) is 0 Å².